The van der Waals surface area contributed by atoms with Gasteiger partial charge in [-0.25, -0.2) is 0 Å². The first-order valence-electron chi connectivity index (χ1n) is 7.20. The highest BCUT2D eigenvalue weighted by atomic mass is 16.6. The van der Waals surface area contributed by atoms with E-state index in [1.54, 1.807) is 14.2 Å². The lowest BCUT2D eigenvalue weighted by Crippen LogP contribution is -2.12. The third-order valence-corrected chi connectivity index (χ3v) is 2.43. The molecule has 0 aromatic heterocycles. The first-order chi connectivity index (χ1) is 9.91. The molecule has 1 saturated heterocycles. The molecule has 0 bridgehead atoms. The van der Waals surface area contributed by atoms with E-state index in [0.29, 0.717) is 52.9 Å². The Morgan fingerprint density at radius 3 is 1.20 bits per heavy atom. The summed E-state index contributed by atoms with van der Waals surface area (Å²) in [6.45, 7) is 6.87. The van der Waals surface area contributed by atoms with Crippen LogP contribution in [0.4, 0.5) is 0 Å². The van der Waals surface area contributed by atoms with E-state index >= 15 is 0 Å². The molecular weight excluding hydrogens is 264 g/mol. The van der Waals surface area contributed by atoms with E-state index in [1.807, 2.05) is 0 Å². The van der Waals surface area contributed by atoms with Gasteiger partial charge < -0.3 is 28.4 Å². The SMILES string of the molecule is C1CCOC1.COCCOCCOCCOCCOC. The Kier molecular flexibility index (Phi) is 18.5. The van der Waals surface area contributed by atoms with Crippen molar-refractivity contribution in [3.05, 3.63) is 0 Å². The van der Waals surface area contributed by atoms with Crippen LogP contribution in [0.15, 0.2) is 0 Å². The van der Waals surface area contributed by atoms with E-state index in [4.69, 9.17) is 28.4 Å². The van der Waals surface area contributed by atoms with Gasteiger partial charge in [0.25, 0.3) is 0 Å². The maximum Gasteiger partial charge on any atom is 0.0701 e. The van der Waals surface area contributed by atoms with E-state index in [1.165, 1.54) is 12.8 Å². The molecule has 122 valence electrons. The summed E-state index contributed by atoms with van der Waals surface area (Å²) in [6, 6.07) is 0. The second-order valence-electron chi connectivity index (χ2n) is 4.14. The highest BCUT2D eigenvalue weighted by Gasteiger charge is 1.94. The van der Waals surface area contributed by atoms with Crippen molar-refractivity contribution in [3.63, 3.8) is 0 Å². The summed E-state index contributed by atoms with van der Waals surface area (Å²) in [5.74, 6) is 0. The van der Waals surface area contributed by atoms with E-state index in [0.717, 1.165) is 13.2 Å². The molecule has 1 heterocycles. The largest absolute Gasteiger partial charge is 0.382 e. The Hall–Kier alpha value is -0.240. The van der Waals surface area contributed by atoms with Gasteiger partial charge in [-0.1, -0.05) is 0 Å². The average molecular weight is 294 g/mol. The fraction of sp³-hybridized carbons (Fsp3) is 1.00. The maximum absolute atomic E-state index is 5.26. The van der Waals surface area contributed by atoms with Crippen LogP contribution in [0.25, 0.3) is 0 Å². The first kappa shape index (κ1) is 19.8. The molecule has 0 aromatic rings. The van der Waals surface area contributed by atoms with Crippen molar-refractivity contribution in [2.24, 2.45) is 0 Å². The molecule has 0 radical (unpaired) electrons. The standard InChI is InChI=1S/C10H22O5.C4H8O/c1-11-3-5-13-7-9-15-10-8-14-6-4-12-2;1-2-4-5-3-1/h3-10H2,1-2H3;1-4H2. The summed E-state index contributed by atoms with van der Waals surface area (Å²) >= 11 is 0. The van der Waals surface area contributed by atoms with Crippen molar-refractivity contribution in [1.82, 2.24) is 0 Å². The van der Waals surface area contributed by atoms with Gasteiger partial charge in [0.05, 0.1) is 52.9 Å². The highest BCUT2D eigenvalue weighted by Crippen LogP contribution is 1.98. The monoisotopic (exact) mass is 294 g/mol. The van der Waals surface area contributed by atoms with Crippen LogP contribution in [0.2, 0.25) is 0 Å². The number of hydrogen-bond donors (Lipinski definition) is 0. The molecule has 1 aliphatic heterocycles. The van der Waals surface area contributed by atoms with E-state index in [9.17, 15) is 0 Å². The van der Waals surface area contributed by atoms with Gasteiger partial charge in [-0.2, -0.15) is 0 Å². The normalized spacial score (nSPS) is 14.1. The summed E-state index contributed by atoms with van der Waals surface area (Å²) in [4.78, 5) is 0. The van der Waals surface area contributed by atoms with Gasteiger partial charge in [-0.15, -0.1) is 0 Å². The van der Waals surface area contributed by atoms with Crippen LogP contribution in [0.5, 0.6) is 0 Å². The minimum Gasteiger partial charge on any atom is -0.382 e. The van der Waals surface area contributed by atoms with Crippen molar-refractivity contribution < 1.29 is 28.4 Å². The number of rotatable bonds is 12. The molecule has 0 aliphatic carbocycles. The third kappa shape index (κ3) is 17.8. The predicted octanol–water partition coefficient (Wildman–Crippen LogP) is 1.13. The Morgan fingerprint density at radius 1 is 0.600 bits per heavy atom. The average Bonchev–Trinajstić information content (AvgIpc) is 3.04. The van der Waals surface area contributed by atoms with E-state index in [2.05, 4.69) is 0 Å². The van der Waals surface area contributed by atoms with Crippen LogP contribution in [-0.2, 0) is 28.4 Å². The van der Waals surface area contributed by atoms with E-state index < -0.39 is 0 Å². The molecule has 1 aliphatic rings. The number of ether oxygens (including phenoxy) is 6. The molecule has 20 heavy (non-hydrogen) atoms. The fourth-order valence-corrected chi connectivity index (χ4v) is 1.34. The summed E-state index contributed by atoms with van der Waals surface area (Å²) in [6.07, 6.45) is 2.56. The molecule has 0 amide bonds. The topological polar surface area (TPSA) is 55.4 Å². The van der Waals surface area contributed by atoms with E-state index in [-0.39, 0.29) is 0 Å². The Labute approximate surface area is 122 Å². The molecule has 1 fully saturated rings. The quantitative estimate of drug-likeness (QED) is 0.503. The lowest BCUT2D eigenvalue weighted by atomic mass is 10.4. The van der Waals surface area contributed by atoms with Crippen LogP contribution >= 0.6 is 0 Å². The minimum atomic E-state index is 0.595. The molecule has 0 aromatic carbocycles. The molecule has 6 nitrogen and oxygen atoms in total. The zero-order chi connectivity index (χ0) is 14.7. The summed E-state index contributed by atoms with van der Waals surface area (Å²) in [5, 5.41) is 0. The molecule has 0 saturated carbocycles. The molecule has 0 atom stereocenters. The zero-order valence-electron chi connectivity index (χ0n) is 12.9. The van der Waals surface area contributed by atoms with Gasteiger partial charge in [0.15, 0.2) is 0 Å². The van der Waals surface area contributed by atoms with Gasteiger partial charge in [0.2, 0.25) is 0 Å². The second-order valence-corrected chi connectivity index (χ2v) is 4.14. The van der Waals surface area contributed by atoms with Gasteiger partial charge in [0, 0.05) is 27.4 Å². The Morgan fingerprint density at radius 2 is 0.950 bits per heavy atom. The second kappa shape index (κ2) is 18.8. The highest BCUT2D eigenvalue weighted by molar-refractivity contribution is 4.43. The van der Waals surface area contributed by atoms with Crippen LogP contribution in [-0.4, -0.2) is 80.3 Å². The van der Waals surface area contributed by atoms with Gasteiger partial charge in [-0.05, 0) is 12.8 Å². The van der Waals surface area contributed by atoms with Gasteiger partial charge in [0.1, 0.15) is 0 Å². The third-order valence-electron chi connectivity index (χ3n) is 2.43. The van der Waals surface area contributed by atoms with Crippen molar-refractivity contribution in [2.75, 3.05) is 80.3 Å². The van der Waals surface area contributed by atoms with Crippen molar-refractivity contribution in [2.45, 2.75) is 12.8 Å². The molecular formula is C14H30O6. The minimum absolute atomic E-state index is 0.595. The Bertz CT molecular complexity index is 144. The summed E-state index contributed by atoms with van der Waals surface area (Å²) in [7, 11) is 3.30. The summed E-state index contributed by atoms with van der Waals surface area (Å²) < 4.78 is 30.3. The van der Waals surface area contributed by atoms with Gasteiger partial charge >= 0.3 is 0 Å². The van der Waals surface area contributed by atoms with Gasteiger partial charge in [-0.3, -0.25) is 0 Å². The molecule has 0 unspecified atom stereocenters. The molecule has 0 N–H and O–H groups in total. The van der Waals surface area contributed by atoms with Crippen LogP contribution < -0.4 is 0 Å². The number of hydrogen-bond acceptors (Lipinski definition) is 6. The van der Waals surface area contributed by atoms with Crippen molar-refractivity contribution in [3.8, 4) is 0 Å². The fourth-order valence-electron chi connectivity index (χ4n) is 1.34. The van der Waals surface area contributed by atoms with Crippen LogP contribution in [0.3, 0.4) is 0 Å². The molecule has 1 rings (SSSR count). The first-order valence-corrected chi connectivity index (χ1v) is 7.20. The van der Waals surface area contributed by atoms with Crippen molar-refractivity contribution >= 4 is 0 Å². The predicted molar refractivity (Wildman–Crippen MR) is 76.3 cm³/mol. The summed E-state index contributed by atoms with van der Waals surface area (Å²) in [5.41, 5.74) is 0. The number of methoxy groups -OCH3 is 2. The molecule has 0 spiro atoms. The lowest BCUT2D eigenvalue weighted by Gasteiger charge is -2.06. The Balaban J connectivity index is 0.000000595. The lowest BCUT2D eigenvalue weighted by molar-refractivity contribution is -0.00380. The van der Waals surface area contributed by atoms with Crippen LogP contribution in [0, 0.1) is 0 Å². The zero-order valence-corrected chi connectivity index (χ0v) is 12.9. The smallest absolute Gasteiger partial charge is 0.0701 e. The molecule has 6 heteroatoms. The van der Waals surface area contributed by atoms with Crippen molar-refractivity contribution in [1.29, 1.82) is 0 Å². The maximum atomic E-state index is 5.26. The van der Waals surface area contributed by atoms with Crippen LogP contribution in [0.1, 0.15) is 12.8 Å².